The smallest absolute Gasteiger partial charge is 0.118 e. The van der Waals surface area contributed by atoms with Crippen molar-refractivity contribution < 1.29 is 14.3 Å². The Bertz CT molecular complexity index is 579. The lowest BCUT2D eigenvalue weighted by molar-refractivity contribution is 0.0215. The van der Waals surface area contributed by atoms with E-state index in [0.29, 0.717) is 26.3 Å². The predicted molar refractivity (Wildman–Crippen MR) is 91.0 cm³/mol. The van der Waals surface area contributed by atoms with Crippen LogP contribution in [0, 0.1) is 6.92 Å². The van der Waals surface area contributed by atoms with Crippen molar-refractivity contribution in [3.8, 4) is 0 Å². The number of aliphatic hydroxyl groups is 1. The highest BCUT2D eigenvalue weighted by molar-refractivity contribution is 5.15. The standard InChI is InChI=1S/C19H25NO3/c1-3-11-22-15-18(21)13-20(12-17-7-5-4-6-8-17)14-19-10-9-16(2)23-19/h3-10,18,21H,1,11-15H2,2H3. The summed E-state index contributed by atoms with van der Waals surface area (Å²) in [7, 11) is 0. The molecule has 0 radical (unpaired) electrons. The molecule has 0 amide bonds. The van der Waals surface area contributed by atoms with Gasteiger partial charge in [0, 0.05) is 13.1 Å². The molecule has 1 aromatic carbocycles. The van der Waals surface area contributed by atoms with E-state index in [4.69, 9.17) is 9.15 Å². The van der Waals surface area contributed by atoms with Gasteiger partial charge in [0.1, 0.15) is 11.5 Å². The number of nitrogens with zero attached hydrogens (tertiary/aromatic N) is 1. The molecule has 0 fully saturated rings. The molecular weight excluding hydrogens is 290 g/mol. The fourth-order valence-electron chi connectivity index (χ4n) is 2.46. The summed E-state index contributed by atoms with van der Waals surface area (Å²) in [5, 5.41) is 10.2. The monoisotopic (exact) mass is 315 g/mol. The van der Waals surface area contributed by atoms with Crippen LogP contribution in [-0.2, 0) is 17.8 Å². The van der Waals surface area contributed by atoms with Crippen LogP contribution in [0.2, 0.25) is 0 Å². The summed E-state index contributed by atoms with van der Waals surface area (Å²) >= 11 is 0. The van der Waals surface area contributed by atoms with Crippen molar-refractivity contribution in [3.05, 3.63) is 72.2 Å². The van der Waals surface area contributed by atoms with Crippen LogP contribution in [0.1, 0.15) is 17.1 Å². The molecule has 4 nitrogen and oxygen atoms in total. The molecule has 1 heterocycles. The fraction of sp³-hybridized carbons (Fsp3) is 0.368. The molecule has 0 spiro atoms. The number of hydrogen-bond donors (Lipinski definition) is 1. The van der Waals surface area contributed by atoms with Gasteiger partial charge in [0.05, 0.1) is 25.9 Å². The Morgan fingerprint density at radius 2 is 2.00 bits per heavy atom. The molecule has 2 aromatic rings. The number of benzene rings is 1. The maximum atomic E-state index is 10.2. The topological polar surface area (TPSA) is 45.8 Å². The van der Waals surface area contributed by atoms with Crippen molar-refractivity contribution in [2.24, 2.45) is 0 Å². The van der Waals surface area contributed by atoms with E-state index in [2.05, 4.69) is 23.6 Å². The number of rotatable bonds is 10. The van der Waals surface area contributed by atoms with E-state index >= 15 is 0 Å². The van der Waals surface area contributed by atoms with Gasteiger partial charge >= 0.3 is 0 Å². The lowest BCUT2D eigenvalue weighted by Gasteiger charge is -2.24. The number of hydrogen-bond acceptors (Lipinski definition) is 4. The van der Waals surface area contributed by atoms with Crippen LogP contribution in [0.15, 0.2) is 59.5 Å². The first-order valence-electron chi connectivity index (χ1n) is 7.85. The second kappa shape index (κ2) is 9.30. The third-order valence-electron chi connectivity index (χ3n) is 3.44. The molecule has 0 saturated carbocycles. The summed E-state index contributed by atoms with van der Waals surface area (Å²) in [6, 6.07) is 14.2. The summed E-state index contributed by atoms with van der Waals surface area (Å²) < 4.78 is 11.0. The van der Waals surface area contributed by atoms with Crippen molar-refractivity contribution >= 4 is 0 Å². The van der Waals surface area contributed by atoms with Gasteiger partial charge < -0.3 is 14.3 Å². The molecule has 0 aliphatic rings. The van der Waals surface area contributed by atoms with Crippen molar-refractivity contribution in [2.75, 3.05) is 19.8 Å². The Morgan fingerprint density at radius 3 is 2.65 bits per heavy atom. The Morgan fingerprint density at radius 1 is 1.22 bits per heavy atom. The molecule has 23 heavy (non-hydrogen) atoms. The van der Waals surface area contributed by atoms with Crippen LogP contribution >= 0.6 is 0 Å². The average Bonchev–Trinajstić information content (AvgIpc) is 2.93. The first-order valence-corrected chi connectivity index (χ1v) is 7.85. The molecule has 4 heteroatoms. The second-order valence-electron chi connectivity index (χ2n) is 5.65. The van der Waals surface area contributed by atoms with E-state index in [0.717, 1.165) is 18.1 Å². The van der Waals surface area contributed by atoms with Crippen LogP contribution in [-0.4, -0.2) is 35.9 Å². The minimum Gasteiger partial charge on any atom is -0.465 e. The van der Waals surface area contributed by atoms with E-state index in [9.17, 15) is 5.11 Å². The van der Waals surface area contributed by atoms with Gasteiger partial charge in [-0.05, 0) is 24.6 Å². The van der Waals surface area contributed by atoms with Crippen LogP contribution in [0.5, 0.6) is 0 Å². The average molecular weight is 315 g/mol. The minimum atomic E-state index is -0.547. The Kier molecular flexibility index (Phi) is 7.07. The van der Waals surface area contributed by atoms with Crippen LogP contribution in [0.3, 0.4) is 0 Å². The highest BCUT2D eigenvalue weighted by Gasteiger charge is 2.14. The maximum absolute atomic E-state index is 10.2. The lowest BCUT2D eigenvalue weighted by Crippen LogP contribution is -2.34. The SMILES string of the molecule is C=CCOCC(O)CN(Cc1ccccc1)Cc1ccc(C)o1. The summed E-state index contributed by atoms with van der Waals surface area (Å²) in [6.07, 6.45) is 1.13. The van der Waals surface area contributed by atoms with Gasteiger partial charge in [0.15, 0.2) is 0 Å². The summed E-state index contributed by atoms with van der Waals surface area (Å²) in [5.41, 5.74) is 1.20. The molecule has 1 N–H and O–H groups in total. The molecule has 1 unspecified atom stereocenters. The molecule has 0 aliphatic heterocycles. The molecule has 124 valence electrons. The number of ether oxygens (including phenoxy) is 1. The third kappa shape index (κ3) is 6.40. The van der Waals surface area contributed by atoms with Gasteiger partial charge in [-0.3, -0.25) is 4.90 Å². The molecule has 1 aromatic heterocycles. The zero-order chi connectivity index (χ0) is 16.5. The van der Waals surface area contributed by atoms with Gasteiger partial charge in [0.25, 0.3) is 0 Å². The van der Waals surface area contributed by atoms with Gasteiger partial charge in [-0.2, -0.15) is 0 Å². The molecule has 0 saturated heterocycles. The molecule has 2 rings (SSSR count). The minimum absolute atomic E-state index is 0.300. The van der Waals surface area contributed by atoms with E-state index < -0.39 is 6.10 Å². The second-order valence-corrected chi connectivity index (χ2v) is 5.65. The van der Waals surface area contributed by atoms with Crippen molar-refractivity contribution in [2.45, 2.75) is 26.1 Å². The maximum Gasteiger partial charge on any atom is 0.118 e. The summed E-state index contributed by atoms with van der Waals surface area (Å²) in [4.78, 5) is 2.16. The highest BCUT2D eigenvalue weighted by Crippen LogP contribution is 2.13. The van der Waals surface area contributed by atoms with Crippen molar-refractivity contribution in [3.63, 3.8) is 0 Å². The third-order valence-corrected chi connectivity index (χ3v) is 3.44. The van der Waals surface area contributed by atoms with Crippen LogP contribution in [0.25, 0.3) is 0 Å². The van der Waals surface area contributed by atoms with Gasteiger partial charge in [-0.25, -0.2) is 0 Å². The largest absolute Gasteiger partial charge is 0.465 e. The Balaban J connectivity index is 1.96. The van der Waals surface area contributed by atoms with E-state index in [-0.39, 0.29) is 0 Å². The van der Waals surface area contributed by atoms with E-state index in [1.54, 1.807) is 6.08 Å². The molecule has 0 bridgehead atoms. The normalized spacial score (nSPS) is 12.5. The Hall–Kier alpha value is -1.88. The fourth-order valence-corrected chi connectivity index (χ4v) is 2.46. The first-order chi connectivity index (χ1) is 11.2. The predicted octanol–water partition coefficient (Wildman–Crippen LogP) is 3.15. The Labute approximate surface area is 138 Å². The number of furan rings is 1. The zero-order valence-electron chi connectivity index (χ0n) is 13.6. The zero-order valence-corrected chi connectivity index (χ0v) is 13.6. The van der Waals surface area contributed by atoms with Crippen molar-refractivity contribution in [1.29, 1.82) is 0 Å². The van der Waals surface area contributed by atoms with Crippen molar-refractivity contribution in [1.82, 2.24) is 4.90 Å². The molecule has 1 atom stereocenters. The number of aryl methyl sites for hydroxylation is 1. The number of aliphatic hydroxyl groups excluding tert-OH is 1. The molecule has 0 aliphatic carbocycles. The first kappa shape index (κ1) is 17.5. The van der Waals surface area contributed by atoms with Crippen LogP contribution in [0.4, 0.5) is 0 Å². The summed E-state index contributed by atoms with van der Waals surface area (Å²) in [6.45, 7) is 8.21. The summed E-state index contributed by atoms with van der Waals surface area (Å²) in [5.74, 6) is 1.80. The lowest BCUT2D eigenvalue weighted by atomic mass is 10.2. The van der Waals surface area contributed by atoms with E-state index in [1.807, 2.05) is 37.3 Å². The van der Waals surface area contributed by atoms with Gasteiger partial charge in [-0.1, -0.05) is 36.4 Å². The quantitative estimate of drug-likeness (QED) is 0.540. The van der Waals surface area contributed by atoms with Gasteiger partial charge in [-0.15, -0.1) is 6.58 Å². The molecular formula is C19H25NO3. The van der Waals surface area contributed by atoms with Gasteiger partial charge in [0.2, 0.25) is 0 Å². The highest BCUT2D eigenvalue weighted by atomic mass is 16.5. The van der Waals surface area contributed by atoms with E-state index in [1.165, 1.54) is 5.56 Å². The van der Waals surface area contributed by atoms with Crippen LogP contribution < -0.4 is 0 Å².